The van der Waals surface area contributed by atoms with E-state index in [1.54, 1.807) is 24.3 Å². The molecule has 29 heavy (non-hydrogen) atoms. The molecule has 0 fully saturated rings. The smallest absolute Gasteiger partial charge is 0.253 e. The molecule has 1 amide bonds. The quantitative estimate of drug-likeness (QED) is 0.279. The van der Waals surface area contributed by atoms with Gasteiger partial charge in [-0.15, -0.1) is 0 Å². The van der Waals surface area contributed by atoms with E-state index in [9.17, 15) is 9.90 Å². The average molecular weight is 384 g/mol. The van der Waals surface area contributed by atoms with Crippen molar-refractivity contribution in [3.63, 3.8) is 0 Å². The van der Waals surface area contributed by atoms with E-state index >= 15 is 0 Å². The number of aromatic nitrogens is 2. The first-order chi connectivity index (χ1) is 14.2. The van der Waals surface area contributed by atoms with Crippen LogP contribution in [0.1, 0.15) is 0 Å². The number of hydrogen-bond acceptors (Lipinski definition) is 4. The van der Waals surface area contributed by atoms with Crippen LogP contribution in [-0.4, -0.2) is 20.6 Å². The molecular weight excluding hydrogens is 364 g/mol. The summed E-state index contributed by atoms with van der Waals surface area (Å²) in [5.41, 5.74) is 6.46. The highest BCUT2D eigenvalue weighted by Crippen LogP contribution is 2.36. The Morgan fingerprint density at radius 3 is 2.03 bits per heavy atom. The van der Waals surface area contributed by atoms with E-state index in [1.165, 1.54) is 0 Å². The largest absolute Gasteiger partial charge is 0.508 e. The minimum absolute atomic E-state index is 0.0107. The number of nitrogens with two attached hydrogens (primary N) is 1. The fraction of sp³-hybridized carbons (Fsp3) is 0.0435. The number of benzene rings is 3. The average Bonchev–Trinajstić information content (AvgIpc) is 3.14. The van der Waals surface area contributed by atoms with Gasteiger partial charge >= 0.3 is 0 Å². The zero-order valence-corrected chi connectivity index (χ0v) is 15.6. The van der Waals surface area contributed by atoms with Crippen LogP contribution in [0.25, 0.3) is 33.9 Å². The molecule has 6 nitrogen and oxygen atoms in total. The molecule has 0 aliphatic heterocycles. The van der Waals surface area contributed by atoms with Gasteiger partial charge in [-0.25, -0.2) is 10.8 Å². The fourth-order valence-electron chi connectivity index (χ4n) is 3.31. The van der Waals surface area contributed by atoms with Crippen molar-refractivity contribution in [1.29, 1.82) is 0 Å². The summed E-state index contributed by atoms with van der Waals surface area (Å²) in [5.74, 6) is 5.82. The summed E-state index contributed by atoms with van der Waals surface area (Å²) in [6.45, 7) is 0.0107. The van der Waals surface area contributed by atoms with Crippen LogP contribution in [0.5, 0.6) is 5.75 Å². The zero-order chi connectivity index (χ0) is 20.2. The van der Waals surface area contributed by atoms with Crippen LogP contribution < -0.4 is 11.3 Å². The van der Waals surface area contributed by atoms with Gasteiger partial charge in [0.1, 0.15) is 18.1 Å². The number of nitrogens with one attached hydrogen (secondary N) is 1. The van der Waals surface area contributed by atoms with E-state index < -0.39 is 0 Å². The van der Waals surface area contributed by atoms with Crippen LogP contribution in [0.2, 0.25) is 0 Å². The van der Waals surface area contributed by atoms with Crippen molar-refractivity contribution in [2.45, 2.75) is 6.54 Å². The van der Waals surface area contributed by atoms with Crippen molar-refractivity contribution >= 4 is 5.91 Å². The summed E-state index contributed by atoms with van der Waals surface area (Å²) >= 11 is 0. The number of phenols is 1. The van der Waals surface area contributed by atoms with Crippen molar-refractivity contribution in [1.82, 2.24) is 15.0 Å². The minimum Gasteiger partial charge on any atom is -0.508 e. The lowest BCUT2D eigenvalue weighted by Gasteiger charge is -2.12. The highest BCUT2D eigenvalue weighted by Gasteiger charge is 2.22. The molecule has 1 heterocycles. The van der Waals surface area contributed by atoms with E-state index in [-0.39, 0.29) is 18.2 Å². The second-order valence-electron chi connectivity index (χ2n) is 6.57. The first kappa shape index (κ1) is 18.5. The second-order valence-corrected chi connectivity index (χ2v) is 6.57. The van der Waals surface area contributed by atoms with Gasteiger partial charge in [0.15, 0.2) is 0 Å². The van der Waals surface area contributed by atoms with Gasteiger partial charge in [-0.2, -0.15) is 0 Å². The summed E-state index contributed by atoms with van der Waals surface area (Å²) in [7, 11) is 0. The Morgan fingerprint density at radius 1 is 0.862 bits per heavy atom. The topological polar surface area (TPSA) is 93.2 Å². The Hall–Kier alpha value is -3.90. The molecule has 0 atom stereocenters. The number of phenolic OH excluding ortho intramolecular Hbond substituents is 1. The summed E-state index contributed by atoms with van der Waals surface area (Å²) in [5, 5.41) is 9.66. The molecule has 0 saturated heterocycles. The van der Waals surface area contributed by atoms with Crippen molar-refractivity contribution in [2.24, 2.45) is 5.84 Å². The summed E-state index contributed by atoms with van der Waals surface area (Å²) in [4.78, 5) is 17.1. The van der Waals surface area contributed by atoms with E-state index in [1.807, 2.05) is 65.2 Å². The van der Waals surface area contributed by atoms with Crippen molar-refractivity contribution in [3.05, 3.63) is 84.9 Å². The van der Waals surface area contributed by atoms with Gasteiger partial charge in [-0.3, -0.25) is 10.2 Å². The number of hydrogen-bond donors (Lipinski definition) is 3. The fourth-order valence-corrected chi connectivity index (χ4v) is 3.31. The number of amides is 1. The molecule has 4 aromatic rings. The number of imidazole rings is 1. The number of hydrazine groups is 1. The molecule has 0 aliphatic carbocycles. The zero-order valence-electron chi connectivity index (χ0n) is 15.6. The Morgan fingerprint density at radius 2 is 1.45 bits per heavy atom. The van der Waals surface area contributed by atoms with Crippen LogP contribution in [0.15, 0.2) is 84.9 Å². The molecule has 144 valence electrons. The molecule has 4 rings (SSSR count). The third-order valence-electron chi connectivity index (χ3n) is 4.65. The first-order valence-electron chi connectivity index (χ1n) is 9.17. The molecule has 0 spiro atoms. The number of carbonyl (C=O) groups is 1. The Bertz CT molecular complexity index is 1120. The molecule has 0 radical (unpaired) electrons. The third-order valence-corrected chi connectivity index (χ3v) is 4.65. The van der Waals surface area contributed by atoms with E-state index in [4.69, 9.17) is 10.8 Å². The van der Waals surface area contributed by atoms with Crippen molar-refractivity contribution < 1.29 is 9.90 Å². The summed E-state index contributed by atoms with van der Waals surface area (Å²) in [6.07, 6.45) is 0. The van der Waals surface area contributed by atoms with Gasteiger partial charge in [0.05, 0.1) is 11.4 Å². The Balaban J connectivity index is 2.01. The van der Waals surface area contributed by atoms with E-state index in [0.29, 0.717) is 5.82 Å². The molecular formula is C23H20N4O2. The van der Waals surface area contributed by atoms with Crippen molar-refractivity contribution in [3.8, 4) is 39.7 Å². The van der Waals surface area contributed by atoms with Crippen LogP contribution >= 0.6 is 0 Å². The predicted molar refractivity (Wildman–Crippen MR) is 113 cm³/mol. The molecule has 1 aromatic heterocycles. The molecule has 6 heteroatoms. The van der Waals surface area contributed by atoms with E-state index in [0.717, 1.165) is 28.1 Å². The maximum atomic E-state index is 12.2. The molecule has 0 aliphatic rings. The van der Waals surface area contributed by atoms with Gasteiger partial charge in [0, 0.05) is 16.7 Å². The third kappa shape index (κ3) is 3.74. The van der Waals surface area contributed by atoms with Gasteiger partial charge in [-0.1, -0.05) is 60.7 Å². The van der Waals surface area contributed by atoms with Gasteiger partial charge in [0.2, 0.25) is 0 Å². The van der Waals surface area contributed by atoms with Gasteiger partial charge in [-0.05, 0) is 24.3 Å². The number of rotatable bonds is 5. The lowest BCUT2D eigenvalue weighted by atomic mass is 10.0. The molecule has 4 N–H and O–H groups in total. The lowest BCUT2D eigenvalue weighted by molar-refractivity contribution is -0.121. The number of nitrogens with zero attached hydrogens (tertiary/aromatic N) is 2. The highest BCUT2D eigenvalue weighted by atomic mass is 16.3. The monoisotopic (exact) mass is 384 g/mol. The van der Waals surface area contributed by atoms with Crippen LogP contribution in [0.4, 0.5) is 0 Å². The highest BCUT2D eigenvalue weighted by molar-refractivity contribution is 5.84. The summed E-state index contributed by atoms with van der Waals surface area (Å²) < 4.78 is 1.85. The van der Waals surface area contributed by atoms with Gasteiger partial charge < -0.3 is 9.67 Å². The SMILES string of the molecule is NNC(=O)Cn1c(-c2ccc(O)cc2)nc(-c2ccccc2)c1-c1ccccc1. The van der Waals surface area contributed by atoms with E-state index in [2.05, 4.69) is 5.43 Å². The lowest BCUT2D eigenvalue weighted by Crippen LogP contribution is -2.33. The maximum Gasteiger partial charge on any atom is 0.253 e. The van der Waals surface area contributed by atoms with Crippen LogP contribution in [0, 0.1) is 0 Å². The molecule has 0 unspecified atom stereocenters. The molecule has 0 bridgehead atoms. The normalized spacial score (nSPS) is 10.7. The Labute approximate surface area is 168 Å². The van der Waals surface area contributed by atoms with Gasteiger partial charge in [0.25, 0.3) is 5.91 Å². The molecule has 0 saturated carbocycles. The molecule has 3 aromatic carbocycles. The number of aromatic hydroxyl groups is 1. The van der Waals surface area contributed by atoms with Crippen LogP contribution in [-0.2, 0) is 11.3 Å². The Kier molecular flexibility index (Phi) is 5.09. The first-order valence-corrected chi connectivity index (χ1v) is 9.17. The minimum atomic E-state index is -0.334. The van der Waals surface area contributed by atoms with Crippen LogP contribution in [0.3, 0.4) is 0 Å². The summed E-state index contributed by atoms with van der Waals surface area (Å²) in [6, 6.07) is 26.4. The second kappa shape index (κ2) is 8.00. The van der Waals surface area contributed by atoms with Crippen molar-refractivity contribution in [2.75, 3.05) is 0 Å². The predicted octanol–water partition coefficient (Wildman–Crippen LogP) is 3.58. The number of carbonyl (C=O) groups excluding carboxylic acids is 1. The standard InChI is InChI=1S/C23H20N4O2/c24-26-20(29)15-27-22(17-9-5-2-6-10-17)21(16-7-3-1-4-8-16)25-23(27)18-11-13-19(28)14-12-18/h1-14,28H,15,24H2,(H,26,29). The maximum absolute atomic E-state index is 12.2.